The van der Waals surface area contributed by atoms with Crippen molar-refractivity contribution in [1.82, 2.24) is 10.2 Å². The zero-order valence-electron chi connectivity index (χ0n) is 16.6. The van der Waals surface area contributed by atoms with Gasteiger partial charge in [-0.05, 0) is 46.5 Å². The van der Waals surface area contributed by atoms with Crippen molar-refractivity contribution < 1.29 is 4.79 Å². The molecule has 0 fully saturated rings. The number of hydrogen-bond donors (Lipinski definition) is 2. The summed E-state index contributed by atoms with van der Waals surface area (Å²) in [5.74, 6) is 0.612. The molecule has 0 saturated carbocycles. The highest BCUT2D eigenvalue weighted by Crippen LogP contribution is 2.33. The second-order valence-electron chi connectivity index (χ2n) is 7.66. The summed E-state index contributed by atoms with van der Waals surface area (Å²) in [6.45, 7) is 2.05. The van der Waals surface area contributed by atoms with Crippen LogP contribution in [0.4, 0.5) is 5.82 Å². The molecule has 0 amide bonds. The lowest BCUT2D eigenvalue weighted by atomic mass is 9.94. The van der Waals surface area contributed by atoms with Gasteiger partial charge in [0.25, 0.3) is 0 Å². The SMILES string of the molecule is Cc1ccc(CC(=O)c2cccc3cc(-c4cccc5[nH]nc(N)c45)ccc23)cc1. The Morgan fingerprint density at radius 2 is 1.77 bits per heavy atom. The predicted molar refractivity (Wildman–Crippen MR) is 123 cm³/mol. The summed E-state index contributed by atoms with van der Waals surface area (Å²) in [7, 11) is 0. The van der Waals surface area contributed by atoms with Crippen molar-refractivity contribution in [2.24, 2.45) is 0 Å². The molecule has 0 aliphatic heterocycles. The highest BCUT2D eigenvalue weighted by atomic mass is 16.1. The Labute approximate surface area is 174 Å². The van der Waals surface area contributed by atoms with Crippen LogP contribution < -0.4 is 5.73 Å². The number of nitrogens with one attached hydrogen (secondary N) is 1. The van der Waals surface area contributed by atoms with Gasteiger partial charge in [0.2, 0.25) is 0 Å². The number of aromatic nitrogens is 2. The fourth-order valence-electron chi connectivity index (χ4n) is 4.02. The predicted octanol–water partition coefficient (Wildman–Crippen LogP) is 5.70. The lowest BCUT2D eigenvalue weighted by Crippen LogP contribution is -2.04. The molecule has 0 saturated heterocycles. The number of carbonyl (C=O) groups is 1. The molecule has 0 atom stereocenters. The third-order valence-electron chi connectivity index (χ3n) is 5.59. The van der Waals surface area contributed by atoms with E-state index in [1.165, 1.54) is 5.56 Å². The molecule has 5 aromatic rings. The highest BCUT2D eigenvalue weighted by molar-refractivity contribution is 6.10. The Morgan fingerprint density at radius 3 is 2.60 bits per heavy atom. The molecule has 3 N–H and O–H groups in total. The number of Topliss-reactive ketones (excluding diaryl/α,β-unsaturated/α-hetero) is 1. The monoisotopic (exact) mass is 391 g/mol. The summed E-state index contributed by atoms with van der Waals surface area (Å²) in [4.78, 5) is 13.0. The Kier molecular flexibility index (Phi) is 4.32. The van der Waals surface area contributed by atoms with Crippen LogP contribution in [0.25, 0.3) is 32.8 Å². The molecule has 0 spiro atoms. The molecule has 30 heavy (non-hydrogen) atoms. The van der Waals surface area contributed by atoms with E-state index in [-0.39, 0.29) is 5.78 Å². The fraction of sp³-hybridized carbons (Fsp3) is 0.0769. The van der Waals surface area contributed by atoms with Crippen LogP contribution in [0.1, 0.15) is 21.5 Å². The molecule has 0 aliphatic carbocycles. The maximum absolute atomic E-state index is 13.0. The molecule has 0 unspecified atom stereocenters. The van der Waals surface area contributed by atoms with Gasteiger partial charge in [-0.1, -0.05) is 72.3 Å². The largest absolute Gasteiger partial charge is 0.382 e. The zero-order chi connectivity index (χ0) is 20.7. The summed E-state index contributed by atoms with van der Waals surface area (Å²) in [5, 5.41) is 10.0. The van der Waals surface area contributed by atoms with Gasteiger partial charge >= 0.3 is 0 Å². The van der Waals surface area contributed by atoms with Gasteiger partial charge in [0, 0.05) is 12.0 Å². The van der Waals surface area contributed by atoms with E-state index in [1.807, 2.05) is 79.7 Å². The van der Waals surface area contributed by atoms with Crippen molar-refractivity contribution >= 4 is 33.3 Å². The lowest BCUT2D eigenvalue weighted by Gasteiger charge is -2.10. The van der Waals surface area contributed by atoms with Crippen molar-refractivity contribution in [3.05, 3.63) is 95.6 Å². The van der Waals surface area contributed by atoms with E-state index in [4.69, 9.17) is 5.73 Å². The van der Waals surface area contributed by atoms with E-state index in [1.54, 1.807) is 0 Å². The number of nitrogens with zero attached hydrogens (tertiary/aromatic N) is 1. The van der Waals surface area contributed by atoms with Crippen LogP contribution in [0.2, 0.25) is 0 Å². The van der Waals surface area contributed by atoms with E-state index in [0.717, 1.165) is 43.9 Å². The molecule has 146 valence electrons. The average Bonchev–Trinajstić information content (AvgIpc) is 3.15. The molecule has 4 heteroatoms. The number of ketones is 1. The molecule has 0 radical (unpaired) electrons. The van der Waals surface area contributed by atoms with Gasteiger partial charge in [-0.3, -0.25) is 9.89 Å². The van der Waals surface area contributed by atoms with Gasteiger partial charge in [0.05, 0.1) is 10.9 Å². The average molecular weight is 391 g/mol. The molecular weight excluding hydrogens is 370 g/mol. The molecule has 4 nitrogen and oxygen atoms in total. The van der Waals surface area contributed by atoms with Gasteiger partial charge in [-0.15, -0.1) is 0 Å². The normalized spacial score (nSPS) is 11.2. The maximum Gasteiger partial charge on any atom is 0.167 e. The van der Waals surface area contributed by atoms with Crippen molar-refractivity contribution in [3.8, 4) is 11.1 Å². The molecule has 0 aliphatic rings. The van der Waals surface area contributed by atoms with E-state index in [0.29, 0.717) is 12.2 Å². The third kappa shape index (κ3) is 3.12. The minimum absolute atomic E-state index is 0.124. The second-order valence-corrected chi connectivity index (χ2v) is 7.66. The van der Waals surface area contributed by atoms with Crippen LogP contribution in [-0.4, -0.2) is 16.0 Å². The number of benzene rings is 4. The Hall–Kier alpha value is -3.92. The molecule has 1 aromatic heterocycles. The number of carbonyl (C=O) groups excluding carboxylic acids is 1. The summed E-state index contributed by atoms with van der Waals surface area (Å²) < 4.78 is 0. The van der Waals surface area contributed by atoms with Crippen LogP contribution in [-0.2, 0) is 6.42 Å². The number of nitrogen functional groups attached to an aromatic ring is 1. The Morgan fingerprint density at radius 1 is 0.967 bits per heavy atom. The number of aromatic amines is 1. The van der Waals surface area contributed by atoms with Gasteiger partial charge in [0.1, 0.15) is 0 Å². The molecule has 5 rings (SSSR count). The molecule has 4 aromatic carbocycles. The van der Waals surface area contributed by atoms with E-state index in [9.17, 15) is 4.79 Å². The first-order valence-corrected chi connectivity index (χ1v) is 9.94. The maximum atomic E-state index is 13.0. The minimum Gasteiger partial charge on any atom is -0.382 e. The minimum atomic E-state index is 0.124. The van der Waals surface area contributed by atoms with Gasteiger partial charge in [-0.25, -0.2) is 0 Å². The van der Waals surface area contributed by atoms with Gasteiger partial charge in [-0.2, -0.15) is 5.10 Å². The standard InChI is InChI=1S/C26H21N3O/c1-16-8-10-17(11-9-16)14-24(30)22-6-2-4-18-15-19(12-13-20(18)22)21-5-3-7-23-25(21)26(27)29-28-23/h2-13,15H,14H2,1H3,(H3,27,28,29). The van der Waals surface area contributed by atoms with Crippen LogP contribution in [0, 0.1) is 6.92 Å². The second kappa shape index (κ2) is 7.16. The number of rotatable bonds is 4. The number of fused-ring (bicyclic) bond motifs is 2. The summed E-state index contributed by atoms with van der Waals surface area (Å²) in [5.41, 5.74) is 12.0. The van der Waals surface area contributed by atoms with Crippen LogP contribution in [0.5, 0.6) is 0 Å². The summed E-state index contributed by atoms with van der Waals surface area (Å²) >= 11 is 0. The Bertz CT molecular complexity index is 1400. The van der Waals surface area contributed by atoms with E-state index in [2.05, 4.69) is 16.3 Å². The summed E-state index contributed by atoms with van der Waals surface area (Å²) in [6.07, 6.45) is 0.395. The highest BCUT2D eigenvalue weighted by Gasteiger charge is 2.13. The summed E-state index contributed by atoms with van der Waals surface area (Å²) in [6, 6.07) is 26.2. The molecule has 1 heterocycles. The Balaban J connectivity index is 1.56. The number of nitrogens with two attached hydrogens (primary N) is 1. The first kappa shape index (κ1) is 18.1. The number of hydrogen-bond acceptors (Lipinski definition) is 3. The van der Waals surface area contributed by atoms with Crippen molar-refractivity contribution in [3.63, 3.8) is 0 Å². The number of H-pyrrole nitrogens is 1. The third-order valence-corrected chi connectivity index (χ3v) is 5.59. The number of anilines is 1. The quantitative estimate of drug-likeness (QED) is 0.386. The fourth-order valence-corrected chi connectivity index (χ4v) is 4.02. The topological polar surface area (TPSA) is 71.8 Å². The zero-order valence-corrected chi connectivity index (χ0v) is 16.6. The van der Waals surface area contributed by atoms with Crippen molar-refractivity contribution in [2.75, 3.05) is 5.73 Å². The van der Waals surface area contributed by atoms with Crippen molar-refractivity contribution in [1.29, 1.82) is 0 Å². The van der Waals surface area contributed by atoms with Crippen LogP contribution in [0.15, 0.2) is 78.9 Å². The van der Waals surface area contributed by atoms with Crippen LogP contribution in [0.3, 0.4) is 0 Å². The van der Waals surface area contributed by atoms with E-state index >= 15 is 0 Å². The first-order chi connectivity index (χ1) is 14.6. The number of aryl methyl sites for hydroxylation is 1. The first-order valence-electron chi connectivity index (χ1n) is 9.94. The lowest BCUT2D eigenvalue weighted by molar-refractivity contribution is 0.0994. The van der Waals surface area contributed by atoms with Gasteiger partial charge in [0.15, 0.2) is 11.6 Å². The smallest absolute Gasteiger partial charge is 0.167 e. The molecular formula is C26H21N3O. The van der Waals surface area contributed by atoms with Crippen molar-refractivity contribution in [2.45, 2.75) is 13.3 Å². The van der Waals surface area contributed by atoms with E-state index < -0.39 is 0 Å². The van der Waals surface area contributed by atoms with Crippen LogP contribution >= 0.6 is 0 Å². The molecule has 0 bridgehead atoms. The van der Waals surface area contributed by atoms with Gasteiger partial charge < -0.3 is 5.73 Å².